The van der Waals surface area contributed by atoms with Crippen molar-refractivity contribution in [3.63, 3.8) is 0 Å². The van der Waals surface area contributed by atoms with Crippen LogP contribution in [0.25, 0.3) is 0 Å². The fraction of sp³-hybridized carbons (Fsp3) is 0.467. The monoisotopic (exact) mass is 341 g/mol. The molecule has 1 heterocycles. The number of aliphatic hydroxyl groups excluding tert-OH is 3. The number of esters is 1. The third-order valence-electron chi connectivity index (χ3n) is 3.57. The molecule has 132 valence electrons. The van der Waals surface area contributed by atoms with Crippen LogP contribution in [-0.4, -0.2) is 63.0 Å². The van der Waals surface area contributed by atoms with E-state index in [9.17, 15) is 30.0 Å². The number of ether oxygens (including phenoxy) is 2. The fourth-order valence-corrected chi connectivity index (χ4v) is 2.24. The number of nitrogens with one attached hydrogen (secondary N) is 1. The van der Waals surface area contributed by atoms with E-state index in [1.165, 1.54) is 32.0 Å². The number of hydrogen-bond donors (Lipinski definition) is 5. The molecule has 0 saturated carbocycles. The van der Waals surface area contributed by atoms with E-state index in [-0.39, 0.29) is 17.0 Å². The highest BCUT2D eigenvalue weighted by molar-refractivity contribution is 5.95. The number of phenols is 1. The molecule has 1 aromatic rings. The second-order valence-corrected chi connectivity index (χ2v) is 5.50. The molecule has 1 aromatic carbocycles. The van der Waals surface area contributed by atoms with Crippen molar-refractivity contribution < 1.29 is 39.5 Å². The Morgan fingerprint density at radius 2 is 1.83 bits per heavy atom. The average molecular weight is 341 g/mol. The van der Waals surface area contributed by atoms with Gasteiger partial charge in [0.1, 0.15) is 24.1 Å². The van der Waals surface area contributed by atoms with E-state index < -0.39 is 42.6 Å². The van der Waals surface area contributed by atoms with E-state index >= 15 is 0 Å². The highest BCUT2D eigenvalue weighted by Crippen LogP contribution is 2.26. The summed E-state index contributed by atoms with van der Waals surface area (Å²) in [6.07, 6.45) is -6.77. The quantitative estimate of drug-likeness (QED) is 0.360. The second-order valence-electron chi connectivity index (χ2n) is 5.50. The van der Waals surface area contributed by atoms with Crippen molar-refractivity contribution in [2.24, 2.45) is 0 Å². The number of aromatic hydroxyl groups is 1. The summed E-state index contributed by atoms with van der Waals surface area (Å²) in [6, 6.07) is 3.65. The first-order valence-corrected chi connectivity index (χ1v) is 7.22. The molecular weight excluding hydrogens is 322 g/mol. The Kier molecular flexibility index (Phi) is 5.40. The van der Waals surface area contributed by atoms with Crippen molar-refractivity contribution in [2.75, 3.05) is 5.32 Å². The normalized spacial score (nSPS) is 29.8. The summed E-state index contributed by atoms with van der Waals surface area (Å²) in [4.78, 5) is 23.2. The first-order valence-electron chi connectivity index (χ1n) is 7.22. The number of anilines is 1. The Morgan fingerprint density at radius 3 is 2.46 bits per heavy atom. The van der Waals surface area contributed by atoms with Gasteiger partial charge < -0.3 is 35.2 Å². The highest BCUT2D eigenvalue weighted by Gasteiger charge is 2.43. The zero-order valence-electron chi connectivity index (χ0n) is 13.0. The van der Waals surface area contributed by atoms with Crippen LogP contribution < -0.4 is 5.32 Å². The number of phenolic OH excluding ortho intramolecular Hbond substituents is 1. The van der Waals surface area contributed by atoms with Gasteiger partial charge in [-0.25, -0.2) is 4.79 Å². The smallest absolute Gasteiger partial charge is 0.340 e. The van der Waals surface area contributed by atoms with E-state index in [2.05, 4.69) is 5.32 Å². The van der Waals surface area contributed by atoms with Crippen molar-refractivity contribution >= 4 is 17.6 Å². The van der Waals surface area contributed by atoms with Crippen molar-refractivity contribution in [3.8, 4) is 5.75 Å². The third kappa shape index (κ3) is 3.82. The van der Waals surface area contributed by atoms with Crippen molar-refractivity contribution in [2.45, 2.75) is 44.6 Å². The van der Waals surface area contributed by atoms with Gasteiger partial charge >= 0.3 is 5.97 Å². The Bertz CT molecular complexity index is 634. The Morgan fingerprint density at radius 1 is 1.17 bits per heavy atom. The first-order chi connectivity index (χ1) is 11.2. The van der Waals surface area contributed by atoms with Crippen LogP contribution >= 0.6 is 0 Å². The third-order valence-corrected chi connectivity index (χ3v) is 3.57. The van der Waals surface area contributed by atoms with Gasteiger partial charge in [0.2, 0.25) is 12.2 Å². The molecule has 9 nitrogen and oxygen atoms in total. The van der Waals surface area contributed by atoms with E-state index in [0.29, 0.717) is 0 Å². The Balaban J connectivity index is 2.13. The lowest BCUT2D eigenvalue weighted by molar-refractivity contribution is -0.276. The minimum Gasteiger partial charge on any atom is -0.506 e. The van der Waals surface area contributed by atoms with Crippen molar-refractivity contribution in [3.05, 3.63) is 23.8 Å². The second kappa shape index (κ2) is 7.14. The molecule has 1 saturated heterocycles. The van der Waals surface area contributed by atoms with Gasteiger partial charge in [-0.1, -0.05) is 0 Å². The number of carbonyl (C=O) groups is 2. The van der Waals surface area contributed by atoms with Gasteiger partial charge in [0.05, 0.1) is 17.4 Å². The molecule has 5 N–H and O–H groups in total. The Hall–Kier alpha value is -2.20. The molecular formula is C15H19NO8. The molecule has 1 fully saturated rings. The number of amides is 1. The zero-order chi connectivity index (χ0) is 18.0. The summed E-state index contributed by atoms with van der Waals surface area (Å²) in [6.45, 7) is 2.70. The van der Waals surface area contributed by atoms with E-state index in [1.807, 2.05) is 0 Å². The van der Waals surface area contributed by atoms with Crippen LogP contribution in [0.2, 0.25) is 0 Å². The van der Waals surface area contributed by atoms with Gasteiger partial charge in [0, 0.05) is 6.92 Å². The molecule has 0 radical (unpaired) electrons. The van der Waals surface area contributed by atoms with Crippen molar-refractivity contribution in [1.82, 2.24) is 0 Å². The molecule has 1 aliphatic heterocycles. The molecule has 0 aromatic heterocycles. The molecule has 1 aliphatic rings. The molecule has 0 bridgehead atoms. The highest BCUT2D eigenvalue weighted by atomic mass is 16.7. The molecule has 5 atom stereocenters. The number of carbonyl (C=O) groups excluding carboxylic acids is 2. The predicted octanol–water partition coefficient (Wildman–Crippen LogP) is -0.665. The summed E-state index contributed by atoms with van der Waals surface area (Å²) >= 11 is 0. The SMILES string of the molecule is CC(=O)Nc1cc(C(=O)O[C@@H]2O[C@@H](C)[C@H](O)[C@@H](O)[C@H]2O)ccc1O. The fourth-order valence-electron chi connectivity index (χ4n) is 2.24. The molecule has 0 aliphatic carbocycles. The van der Waals surface area contributed by atoms with Gasteiger partial charge in [0.25, 0.3) is 0 Å². The lowest BCUT2D eigenvalue weighted by atomic mass is 10.00. The van der Waals surface area contributed by atoms with Crippen LogP contribution in [-0.2, 0) is 14.3 Å². The van der Waals surface area contributed by atoms with Crippen LogP contribution in [0, 0.1) is 0 Å². The number of aliphatic hydroxyl groups is 3. The predicted molar refractivity (Wildman–Crippen MR) is 80.2 cm³/mol. The lowest BCUT2D eigenvalue weighted by Crippen LogP contribution is -2.57. The average Bonchev–Trinajstić information content (AvgIpc) is 2.52. The maximum atomic E-state index is 12.2. The minimum atomic E-state index is -1.62. The standard InChI is InChI=1S/C15H19NO8/c1-6-11(19)12(20)13(21)15(23-6)24-14(22)8-3-4-10(18)9(5-8)16-7(2)17/h3-6,11-13,15,18-21H,1-2H3,(H,16,17)/t6-,11-,12+,13+,15-/m0/s1. The van der Waals surface area contributed by atoms with E-state index in [4.69, 9.17) is 9.47 Å². The summed E-state index contributed by atoms with van der Waals surface area (Å²) in [7, 11) is 0. The summed E-state index contributed by atoms with van der Waals surface area (Å²) in [5.74, 6) is -1.57. The van der Waals surface area contributed by atoms with Gasteiger partial charge in [-0.15, -0.1) is 0 Å². The molecule has 0 spiro atoms. The van der Waals surface area contributed by atoms with Gasteiger partial charge in [-0.2, -0.15) is 0 Å². The lowest BCUT2D eigenvalue weighted by Gasteiger charge is -2.38. The van der Waals surface area contributed by atoms with Crippen LogP contribution in [0.3, 0.4) is 0 Å². The van der Waals surface area contributed by atoms with Crippen LogP contribution in [0.5, 0.6) is 5.75 Å². The molecule has 1 amide bonds. The van der Waals surface area contributed by atoms with Crippen LogP contribution in [0.1, 0.15) is 24.2 Å². The van der Waals surface area contributed by atoms with Crippen LogP contribution in [0.15, 0.2) is 18.2 Å². The van der Waals surface area contributed by atoms with Gasteiger partial charge in [-0.05, 0) is 25.1 Å². The Labute approximate surface area is 137 Å². The zero-order valence-corrected chi connectivity index (χ0v) is 13.0. The maximum absolute atomic E-state index is 12.2. The summed E-state index contributed by atoms with van der Waals surface area (Å²) in [5, 5.41) is 41.1. The van der Waals surface area contributed by atoms with Crippen LogP contribution in [0.4, 0.5) is 5.69 Å². The molecule has 0 unspecified atom stereocenters. The van der Waals surface area contributed by atoms with Gasteiger partial charge in [-0.3, -0.25) is 4.79 Å². The number of benzene rings is 1. The minimum absolute atomic E-state index is 0.0133. The van der Waals surface area contributed by atoms with E-state index in [1.54, 1.807) is 0 Å². The van der Waals surface area contributed by atoms with E-state index in [0.717, 1.165) is 0 Å². The maximum Gasteiger partial charge on any atom is 0.340 e. The first kappa shape index (κ1) is 18.1. The number of rotatable bonds is 3. The van der Waals surface area contributed by atoms with Gasteiger partial charge in [0.15, 0.2) is 0 Å². The molecule has 24 heavy (non-hydrogen) atoms. The topological polar surface area (TPSA) is 146 Å². The summed E-state index contributed by atoms with van der Waals surface area (Å²) < 4.78 is 10.2. The largest absolute Gasteiger partial charge is 0.506 e. The summed E-state index contributed by atoms with van der Waals surface area (Å²) in [5.41, 5.74) is 0.00602. The molecule has 2 rings (SSSR count). The van der Waals surface area contributed by atoms with Crippen molar-refractivity contribution in [1.29, 1.82) is 0 Å². The molecule has 9 heteroatoms. The number of hydrogen-bond acceptors (Lipinski definition) is 8.